The van der Waals surface area contributed by atoms with Crippen LogP contribution in [0.5, 0.6) is 0 Å². The van der Waals surface area contributed by atoms with Crippen molar-refractivity contribution in [2.45, 2.75) is 12.8 Å². The van der Waals surface area contributed by atoms with Gasteiger partial charge >= 0.3 is 0 Å². The fraction of sp³-hybridized carbons (Fsp3) is 0.300. The lowest BCUT2D eigenvalue weighted by atomic mass is 9.97. The summed E-state index contributed by atoms with van der Waals surface area (Å²) in [5.74, 6) is 0.201. The van der Waals surface area contributed by atoms with Crippen molar-refractivity contribution in [1.29, 1.82) is 0 Å². The number of carbonyl (C=O) groups is 1. The minimum absolute atomic E-state index is 0.0946. The number of oxazole rings is 1. The van der Waals surface area contributed by atoms with Gasteiger partial charge in [0.1, 0.15) is 5.52 Å². The summed E-state index contributed by atoms with van der Waals surface area (Å²) < 4.78 is 30.4. The van der Waals surface area contributed by atoms with Crippen molar-refractivity contribution < 1.29 is 17.6 Å². The van der Waals surface area contributed by atoms with Gasteiger partial charge in [0.05, 0.1) is 6.26 Å². The first kappa shape index (κ1) is 18.6. The Morgan fingerprint density at radius 1 is 1.14 bits per heavy atom. The van der Waals surface area contributed by atoms with Crippen LogP contribution < -0.4 is 5.32 Å². The summed E-state index contributed by atoms with van der Waals surface area (Å²) in [7, 11) is -3.20. The minimum atomic E-state index is -3.20. The molecule has 8 heteroatoms. The van der Waals surface area contributed by atoms with Gasteiger partial charge in [-0.1, -0.05) is 18.2 Å². The molecule has 1 aromatic heterocycles. The van der Waals surface area contributed by atoms with Crippen molar-refractivity contribution in [3.8, 4) is 11.5 Å². The molecule has 1 aliphatic heterocycles. The SMILES string of the molecule is CS(=O)(=O)N1CCC(C(=O)Nc2cccc(-c3nc4ccccc4o3)c2)CC1. The Bertz CT molecular complexity index is 1080. The molecule has 7 nitrogen and oxygen atoms in total. The molecule has 1 amide bonds. The van der Waals surface area contributed by atoms with Gasteiger partial charge in [-0.2, -0.15) is 0 Å². The normalized spacial score (nSPS) is 16.3. The van der Waals surface area contributed by atoms with E-state index in [1.165, 1.54) is 10.6 Å². The van der Waals surface area contributed by atoms with Crippen LogP contribution in [0.3, 0.4) is 0 Å². The van der Waals surface area contributed by atoms with Crippen molar-refractivity contribution in [2.24, 2.45) is 5.92 Å². The van der Waals surface area contributed by atoms with Gasteiger partial charge in [0.15, 0.2) is 5.58 Å². The largest absolute Gasteiger partial charge is 0.436 e. The predicted octanol–water partition coefficient (Wildman–Crippen LogP) is 3.10. The molecule has 2 aromatic carbocycles. The van der Waals surface area contributed by atoms with Crippen LogP contribution >= 0.6 is 0 Å². The first-order valence-electron chi connectivity index (χ1n) is 9.12. The summed E-state index contributed by atoms with van der Waals surface area (Å²) in [5, 5.41) is 2.93. The standard InChI is InChI=1S/C20H21N3O4S/c1-28(25,26)23-11-9-14(10-12-23)19(24)21-16-6-4-5-15(13-16)20-22-17-7-2-3-8-18(17)27-20/h2-8,13-14H,9-12H2,1H3,(H,21,24). The molecule has 0 atom stereocenters. The average molecular weight is 399 g/mol. The molecule has 1 aliphatic rings. The number of para-hydroxylation sites is 2. The molecular weight excluding hydrogens is 378 g/mol. The lowest BCUT2D eigenvalue weighted by Gasteiger charge is -2.29. The van der Waals surface area contributed by atoms with E-state index in [1.54, 1.807) is 0 Å². The zero-order chi connectivity index (χ0) is 19.7. The van der Waals surface area contributed by atoms with Crippen LogP contribution in [-0.2, 0) is 14.8 Å². The number of fused-ring (bicyclic) bond motifs is 1. The molecule has 1 fully saturated rings. The maximum Gasteiger partial charge on any atom is 0.227 e. The second-order valence-electron chi connectivity index (χ2n) is 6.99. The molecule has 3 aromatic rings. The number of aromatic nitrogens is 1. The van der Waals surface area contributed by atoms with Crippen molar-refractivity contribution in [3.63, 3.8) is 0 Å². The van der Waals surface area contributed by atoms with Gasteiger partial charge in [0.25, 0.3) is 0 Å². The lowest BCUT2D eigenvalue weighted by Crippen LogP contribution is -2.40. The van der Waals surface area contributed by atoms with E-state index in [4.69, 9.17) is 4.42 Å². The monoisotopic (exact) mass is 399 g/mol. The van der Waals surface area contributed by atoms with Crippen LogP contribution in [0, 0.1) is 5.92 Å². The molecule has 28 heavy (non-hydrogen) atoms. The Balaban J connectivity index is 1.46. The van der Waals surface area contributed by atoms with E-state index in [-0.39, 0.29) is 11.8 Å². The summed E-state index contributed by atoms with van der Waals surface area (Å²) in [4.78, 5) is 17.1. The number of nitrogens with zero attached hydrogens (tertiary/aromatic N) is 2. The van der Waals surface area contributed by atoms with Crippen LogP contribution in [0.2, 0.25) is 0 Å². The first-order valence-corrected chi connectivity index (χ1v) is 11.0. The Labute approximate surface area is 163 Å². The van der Waals surface area contributed by atoms with E-state index in [0.717, 1.165) is 11.1 Å². The van der Waals surface area contributed by atoms with Gasteiger partial charge in [-0.05, 0) is 43.2 Å². The molecule has 146 valence electrons. The Hall–Kier alpha value is -2.71. The molecule has 0 radical (unpaired) electrons. The predicted molar refractivity (Wildman–Crippen MR) is 107 cm³/mol. The Morgan fingerprint density at radius 3 is 2.61 bits per heavy atom. The third-order valence-electron chi connectivity index (χ3n) is 4.96. The Morgan fingerprint density at radius 2 is 1.89 bits per heavy atom. The maximum atomic E-state index is 12.6. The third kappa shape index (κ3) is 3.93. The number of rotatable bonds is 4. The van der Waals surface area contributed by atoms with Crippen LogP contribution in [-0.4, -0.2) is 43.0 Å². The van der Waals surface area contributed by atoms with Crippen LogP contribution in [0.25, 0.3) is 22.6 Å². The van der Waals surface area contributed by atoms with Gasteiger partial charge in [-0.3, -0.25) is 4.79 Å². The molecular formula is C20H21N3O4S. The quantitative estimate of drug-likeness (QED) is 0.728. The van der Waals surface area contributed by atoms with Crippen LogP contribution in [0.1, 0.15) is 12.8 Å². The van der Waals surface area contributed by atoms with Gasteiger partial charge in [0.2, 0.25) is 21.8 Å². The Kier molecular flexibility index (Phi) is 4.91. The van der Waals surface area contributed by atoms with Gasteiger partial charge < -0.3 is 9.73 Å². The van der Waals surface area contributed by atoms with Crippen LogP contribution in [0.4, 0.5) is 5.69 Å². The molecule has 0 spiro atoms. The number of hydrogen-bond donors (Lipinski definition) is 1. The van der Waals surface area contributed by atoms with Gasteiger partial charge in [0, 0.05) is 30.3 Å². The fourth-order valence-corrected chi connectivity index (χ4v) is 4.29. The van der Waals surface area contributed by atoms with E-state index < -0.39 is 10.0 Å². The maximum absolute atomic E-state index is 12.6. The molecule has 2 heterocycles. The highest BCUT2D eigenvalue weighted by Crippen LogP contribution is 2.27. The van der Waals surface area contributed by atoms with Crippen molar-refractivity contribution in [3.05, 3.63) is 48.5 Å². The number of benzene rings is 2. The third-order valence-corrected chi connectivity index (χ3v) is 6.27. The zero-order valence-electron chi connectivity index (χ0n) is 15.5. The lowest BCUT2D eigenvalue weighted by molar-refractivity contribution is -0.120. The first-order chi connectivity index (χ1) is 13.4. The van der Waals surface area contributed by atoms with Gasteiger partial charge in [-0.15, -0.1) is 0 Å². The number of carbonyl (C=O) groups excluding carboxylic acids is 1. The summed E-state index contributed by atoms with van der Waals surface area (Å²) >= 11 is 0. The fourth-order valence-electron chi connectivity index (χ4n) is 3.42. The summed E-state index contributed by atoms with van der Waals surface area (Å²) in [6.07, 6.45) is 2.23. The molecule has 0 bridgehead atoms. The minimum Gasteiger partial charge on any atom is -0.436 e. The number of nitrogens with one attached hydrogen (secondary N) is 1. The zero-order valence-corrected chi connectivity index (χ0v) is 16.3. The van der Waals surface area contributed by atoms with E-state index in [0.29, 0.717) is 43.1 Å². The highest BCUT2D eigenvalue weighted by Gasteiger charge is 2.29. The highest BCUT2D eigenvalue weighted by molar-refractivity contribution is 7.88. The average Bonchev–Trinajstić information content (AvgIpc) is 3.12. The van der Waals surface area contributed by atoms with E-state index >= 15 is 0 Å². The summed E-state index contributed by atoms with van der Waals surface area (Å²) in [5.41, 5.74) is 2.94. The molecule has 1 saturated heterocycles. The summed E-state index contributed by atoms with van der Waals surface area (Å²) in [6.45, 7) is 0.750. The van der Waals surface area contributed by atoms with Crippen LogP contribution in [0.15, 0.2) is 52.9 Å². The summed E-state index contributed by atoms with van der Waals surface area (Å²) in [6, 6.07) is 14.9. The second-order valence-corrected chi connectivity index (χ2v) is 8.98. The van der Waals surface area contributed by atoms with E-state index in [2.05, 4.69) is 10.3 Å². The molecule has 0 unspecified atom stereocenters. The number of sulfonamides is 1. The highest BCUT2D eigenvalue weighted by atomic mass is 32.2. The second kappa shape index (κ2) is 7.37. The van der Waals surface area contributed by atoms with Gasteiger partial charge in [-0.25, -0.2) is 17.7 Å². The molecule has 0 saturated carbocycles. The van der Waals surface area contributed by atoms with Crippen molar-refractivity contribution in [2.75, 3.05) is 24.7 Å². The molecule has 0 aliphatic carbocycles. The molecule has 1 N–H and O–H groups in total. The van der Waals surface area contributed by atoms with E-state index in [9.17, 15) is 13.2 Å². The van der Waals surface area contributed by atoms with Crippen molar-refractivity contribution >= 4 is 32.7 Å². The van der Waals surface area contributed by atoms with Crippen molar-refractivity contribution in [1.82, 2.24) is 9.29 Å². The topological polar surface area (TPSA) is 92.5 Å². The number of anilines is 1. The number of piperidine rings is 1. The smallest absolute Gasteiger partial charge is 0.227 e. The molecule has 4 rings (SSSR count). The number of hydrogen-bond acceptors (Lipinski definition) is 5. The number of amides is 1. The van der Waals surface area contributed by atoms with E-state index in [1.807, 2.05) is 48.5 Å².